The van der Waals surface area contributed by atoms with Crippen LogP contribution in [0.5, 0.6) is 0 Å². The van der Waals surface area contributed by atoms with Crippen LogP contribution in [0.1, 0.15) is 10.4 Å². The Morgan fingerprint density at radius 1 is 1.00 bits per heavy atom. The summed E-state index contributed by atoms with van der Waals surface area (Å²) < 4.78 is 19.9. The highest BCUT2D eigenvalue weighted by Crippen LogP contribution is 2.37. The normalized spacial score (nSPS) is 10.9. The SMILES string of the molecule is O=C(O)c1ccc(F)c(-c2ccccc2)c1-c1cnc2occc2c1. The fraction of sp³-hybridized carbons (Fsp3) is 0. The van der Waals surface area contributed by atoms with E-state index in [1.54, 1.807) is 36.4 Å². The highest BCUT2D eigenvalue weighted by Gasteiger charge is 2.21. The number of fused-ring (bicyclic) bond motifs is 1. The van der Waals surface area contributed by atoms with Crippen LogP contribution >= 0.6 is 0 Å². The number of hydrogen-bond acceptors (Lipinski definition) is 3. The van der Waals surface area contributed by atoms with Crippen LogP contribution in [-0.2, 0) is 0 Å². The molecule has 0 fully saturated rings. The lowest BCUT2D eigenvalue weighted by Crippen LogP contribution is -2.03. The van der Waals surface area contributed by atoms with E-state index in [2.05, 4.69) is 4.98 Å². The molecule has 0 aliphatic heterocycles. The number of halogens is 1. The molecular weight excluding hydrogens is 321 g/mol. The summed E-state index contributed by atoms with van der Waals surface area (Å²) in [5, 5.41) is 10.3. The Labute approximate surface area is 142 Å². The fourth-order valence-electron chi connectivity index (χ4n) is 2.94. The van der Waals surface area contributed by atoms with Gasteiger partial charge in [-0.1, -0.05) is 30.3 Å². The zero-order valence-corrected chi connectivity index (χ0v) is 12.9. The van der Waals surface area contributed by atoms with Gasteiger partial charge < -0.3 is 9.52 Å². The molecule has 0 aliphatic rings. The van der Waals surface area contributed by atoms with Gasteiger partial charge in [-0.05, 0) is 29.8 Å². The van der Waals surface area contributed by atoms with Crippen molar-refractivity contribution in [2.24, 2.45) is 0 Å². The number of carbonyl (C=O) groups is 1. The number of benzene rings is 2. The van der Waals surface area contributed by atoms with Gasteiger partial charge in [0, 0.05) is 28.3 Å². The summed E-state index contributed by atoms with van der Waals surface area (Å²) in [6, 6.07) is 14.8. The minimum atomic E-state index is -1.13. The zero-order chi connectivity index (χ0) is 17.4. The van der Waals surface area contributed by atoms with Crippen molar-refractivity contribution in [3.63, 3.8) is 0 Å². The molecule has 0 bridgehead atoms. The molecule has 4 nitrogen and oxygen atoms in total. The second kappa shape index (κ2) is 5.87. The molecule has 0 amide bonds. The van der Waals surface area contributed by atoms with Gasteiger partial charge in [-0.25, -0.2) is 14.2 Å². The number of furan rings is 1. The van der Waals surface area contributed by atoms with Gasteiger partial charge in [0.2, 0.25) is 5.71 Å². The van der Waals surface area contributed by atoms with E-state index >= 15 is 0 Å². The van der Waals surface area contributed by atoms with Crippen LogP contribution < -0.4 is 0 Å². The maximum absolute atomic E-state index is 14.7. The number of carboxylic acids is 1. The van der Waals surface area contributed by atoms with Crippen LogP contribution in [0.25, 0.3) is 33.4 Å². The largest absolute Gasteiger partial charge is 0.478 e. The van der Waals surface area contributed by atoms with Crippen molar-refractivity contribution in [3.8, 4) is 22.3 Å². The number of carboxylic acid groups (broad SMARTS) is 1. The minimum absolute atomic E-state index is 0.0184. The first-order valence-corrected chi connectivity index (χ1v) is 7.60. The summed E-state index contributed by atoms with van der Waals surface area (Å²) in [5.74, 6) is -1.61. The summed E-state index contributed by atoms with van der Waals surface area (Å²) >= 11 is 0. The van der Waals surface area contributed by atoms with Crippen LogP contribution in [0.4, 0.5) is 4.39 Å². The maximum Gasteiger partial charge on any atom is 0.336 e. The molecule has 122 valence electrons. The summed E-state index contributed by atoms with van der Waals surface area (Å²) in [7, 11) is 0. The predicted octanol–water partition coefficient (Wildman–Crippen LogP) is 5.00. The number of rotatable bonds is 3. The lowest BCUT2D eigenvalue weighted by Gasteiger charge is -2.14. The Kier molecular flexibility index (Phi) is 3.54. The van der Waals surface area contributed by atoms with Crippen LogP contribution in [0, 0.1) is 5.82 Å². The van der Waals surface area contributed by atoms with Gasteiger partial charge in [0.25, 0.3) is 0 Å². The number of hydrogen-bond donors (Lipinski definition) is 1. The molecule has 0 saturated carbocycles. The quantitative estimate of drug-likeness (QED) is 0.573. The van der Waals surface area contributed by atoms with E-state index in [0.717, 1.165) is 5.39 Å². The first-order valence-electron chi connectivity index (χ1n) is 7.60. The van der Waals surface area contributed by atoms with Gasteiger partial charge in [0.1, 0.15) is 5.82 Å². The molecule has 4 aromatic rings. The van der Waals surface area contributed by atoms with Crippen molar-refractivity contribution < 1.29 is 18.7 Å². The summed E-state index contributed by atoms with van der Waals surface area (Å²) in [6.45, 7) is 0. The van der Waals surface area contributed by atoms with Crippen LogP contribution in [0.2, 0.25) is 0 Å². The minimum Gasteiger partial charge on any atom is -0.478 e. The van der Waals surface area contributed by atoms with Gasteiger partial charge in [-0.15, -0.1) is 0 Å². The topological polar surface area (TPSA) is 63.3 Å². The molecule has 0 spiro atoms. The predicted molar refractivity (Wildman–Crippen MR) is 91.8 cm³/mol. The third-order valence-corrected chi connectivity index (χ3v) is 4.04. The van der Waals surface area contributed by atoms with E-state index in [0.29, 0.717) is 22.4 Å². The second-order valence-electron chi connectivity index (χ2n) is 5.56. The Hall–Kier alpha value is -3.47. The Morgan fingerprint density at radius 3 is 2.56 bits per heavy atom. The smallest absolute Gasteiger partial charge is 0.336 e. The lowest BCUT2D eigenvalue weighted by atomic mass is 9.90. The van der Waals surface area contributed by atoms with Crippen molar-refractivity contribution in [3.05, 3.63) is 78.4 Å². The van der Waals surface area contributed by atoms with E-state index in [-0.39, 0.29) is 11.1 Å². The summed E-state index contributed by atoms with van der Waals surface area (Å²) in [5.41, 5.74) is 2.12. The lowest BCUT2D eigenvalue weighted by molar-refractivity contribution is 0.0697. The molecule has 0 aliphatic carbocycles. The van der Waals surface area contributed by atoms with E-state index in [1.165, 1.54) is 24.6 Å². The monoisotopic (exact) mass is 333 g/mol. The van der Waals surface area contributed by atoms with E-state index in [9.17, 15) is 14.3 Å². The Morgan fingerprint density at radius 2 is 1.80 bits per heavy atom. The first kappa shape index (κ1) is 15.1. The third kappa shape index (κ3) is 2.55. The first-order chi connectivity index (χ1) is 12.1. The van der Waals surface area contributed by atoms with Gasteiger partial charge in [-0.2, -0.15) is 0 Å². The van der Waals surface area contributed by atoms with Gasteiger partial charge in [0.15, 0.2) is 0 Å². The fourth-order valence-corrected chi connectivity index (χ4v) is 2.94. The molecule has 0 unspecified atom stereocenters. The van der Waals surface area contributed by atoms with Crippen molar-refractivity contribution >= 4 is 17.1 Å². The van der Waals surface area contributed by atoms with Crippen molar-refractivity contribution in [1.82, 2.24) is 4.98 Å². The molecule has 1 N–H and O–H groups in total. The molecule has 2 heterocycles. The Bertz CT molecular complexity index is 1090. The molecule has 0 radical (unpaired) electrons. The standard InChI is InChI=1S/C20H12FNO3/c21-16-7-6-15(20(23)24)17(18(16)12-4-2-1-3-5-12)14-10-13-8-9-25-19(13)22-11-14/h1-11H,(H,23,24). The van der Waals surface area contributed by atoms with Crippen molar-refractivity contribution in [2.45, 2.75) is 0 Å². The van der Waals surface area contributed by atoms with Crippen LogP contribution in [0.15, 0.2) is 71.5 Å². The highest BCUT2D eigenvalue weighted by molar-refractivity contribution is 6.02. The Balaban J connectivity index is 2.07. The van der Waals surface area contributed by atoms with Crippen molar-refractivity contribution in [2.75, 3.05) is 0 Å². The molecule has 0 saturated heterocycles. The molecule has 5 heteroatoms. The molecule has 25 heavy (non-hydrogen) atoms. The number of aromatic nitrogens is 1. The second-order valence-corrected chi connectivity index (χ2v) is 5.56. The molecular formula is C20H12FNO3. The van der Waals surface area contributed by atoms with E-state index < -0.39 is 11.8 Å². The number of aromatic carboxylic acids is 1. The average molecular weight is 333 g/mol. The molecule has 4 rings (SSSR count). The van der Waals surface area contributed by atoms with Crippen LogP contribution in [-0.4, -0.2) is 16.1 Å². The molecule has 2 aromatic heterocycles. The van der Waals surface area contributed by atoms with Gasteiger partial charge in [-0.3, -0.25) is 0 Å². The average Bonchev–Trinajstić information content (AvgIpc) is 3.09. The summed E-state index contributed by atoms with van der Waals surface area (Å²) in [6.07, 6.45) is 3.00. The summed E-state index contributed by atoms with van der Waals surface area (Å²) in [4.78, 5) is 15.9. The van der Waals surface area contributed by atoms with Crippen LogP contribution in [0.3, 0.4) is 0 Å². The zero-order valence-electron chi connectivity index (χ0n) is 12.9. The number of pyridine rings is 1. The van der Waals surface area contributed by atoms with Gasteiger partial charge in [0.05, 0.1) is 11.8 Å². The molecule has 2 aromatic carbocycles. The molecule has 0 atom stereocenters. The highest BCUT2D eigenvalue weighted by atomic mass is 19.1. The van der Waals surface area contributed by atoms with Crippen molar-refractivity contribution in [1.29, 1.82) is 0 Å². The number of nitrogens with zero attached hydrogens (tertiary/aromatic N) is 1. The third-order valence-electron chi connectivity index (χ3n) is 4.04. The maximum atomic E-state index is 14.7. The van der Waals surface area contributed by atoms with E-state index in [1.807, 2.05) is 6.07 Å². The van der Waals surface area contributed by atoms with E-state index in [4.69, 9.17) is 4.42 Å². The van der Waals surface area contributed by atoms with Gasteiger partial charge >= 0.3 is 5.97 Å².